The number of fused-ring (bicyclic) bond motifs is 1. The van der Waals surface area contributed by atoms with E-state index in [4.69, 9.17) is 9.47 Å². The summed E-state index contributed by atoms with van der Waals surface area (Å²) in [4.78, 5) is 14.4. The second-order valence-electron chi connectivity index (χ2n) is 6.28. The van der Waals surface area contributed by atoms with E-state index in [1.807, 2.05) is 71.6 Å². The van der Waals surface area contributed by atoms with Crippen molar-refractivity contribution in [3.63, 3.8) is 0 Å². The normalized spacial score (nSPS) is 12.7. The Balaban J connectivity index is 1.46. The van der Waals surface area contributed by atoms with Gasteiger partial charge in [0.15, 0.2) is 11.5 Å². The van der Waals surface area contributed by atoms with Crippen molar-refractivity contribution in [2.45, 2.75) is 6.54 Å². The van der Waals surface area contributed by atoms with Gasteiger partial charge in [0, 0.05) is 37.2 Å². The third kappa shape index (κ3) is 3.28. The van der Waals surface area contributed by atoms with Gasteiger partial charge >= 0.3 is 0 Å². The molecule has 1 aliphatic rings. The Bertz CT molecular complexity index is 902. The van der Waals surface area contributed by atoms with Crippen LogP contribution in [0.5, 0.6) is 11.5 Å². The lowest BCUT2D eigenvalue weighted by molar-refractivity contribution is 0.0785. The molecule has 2 heterocycles. The number of rotatable bonds is 4. The Morgan fingerprint density at radius 2 is 1.69 bits per heavy atom. The highest BCUT2D eigenvalue weighted by molar-refractivity contribution is 5.94. The lowest BCUT2D eigenvalue weighted by Crippen LogP contribution is -2.26. The number of hydrogen-bond acceptors (Lipinski definition) is 3. The van der Waals surface area contributed by atoms with Crippen molar-refractivity contribution in [2.75, 3.05) is 20.3 Å². The molecule has 1 amide bonds. The van der Waals surface area contributed by atoms with E-state index in [1.165, 1.54) is 0 Å². The van der Waals surface area contributed by atoms with Gasteiger partial charge in [-0.3, -0.25) is 4.79 Å². The molecule has 0 spiro atoms. The van der Waals surface area contributed by atoms with Crippen molar-refractivity contribution in [1.82, 2.24) is 9.47 Å². The quantitative estimate of drug-likeness (QED) is 0.725. The molecule has 3 aromatic rings. The summed E-state index contributed by atoms with van der Waals surface area (Å²) in [5, 5.41) is 0. The summed E-state index contributed by atoms with van der Waals surface area (Å²) in [5.74, 6) is 1.49. The van der Waals surface area contributed by atoms with Gasteiger partial charge in [-0.15, -0.1) is 0 Å². The fourth-order valence-electron chi connectivity index (χ4n) is 3.03. The highest BCUT2D eigenvalue weighted by Crippen LogP contribution is 2.31. The van der Waals surface area contributed by atoms with Gasteiger partial charge in [-0.25, -0.2) is 0 Å². The SMILES string of the molecule is CN(Cc1ccc2c(c1)OCCO2)C(=O)c1ccc(-n2cccc2)cc1. The van der Waals surface area contributed by atoms with Crippen molar-refractivity contribution in [2.24, 2.45) is 0 Å². The molecule has 0 N–H and O–H groups in total. The number of carbonyl (C=O) groups is 1. The van der Waals surface area contributed by atoms with E-state index < -0.39 is 0 Å². The van der Waals surface area contributed by atoms with Crippen molar-refractivity contribution >= 4 is 5.91 Å². The highest BCUT2D eigenvalue weighted by Gasteiger charge is 2.15. The van der Waals surface area contributed by atoms with Crippen LogP contribution in [0, 0.1) is 0 Å². The molecule has 4 rings (SSSR count). The van der Waals surface area contributed by atoms with Crippen LogP contribution in [0.3, 0.4) is 0 Å². The monoisotopic (exact) mass is 348 g/mol. The molecule has 0 bridgehead atoms. The average molecular weight is 348 g/mol. The first-order valence-corrected chi connectivity index (χ1v) is 8.58. The van der Waals surface area contributed by atoms with Crippen molar-refractivity contribution in [1.29, 1.82) is 0 Å². The average Bonchev–Trinajstić information content (AvgIpc) is 3.22. The first-order valence-electron chi connectivity index (χ1n) is 8.58. The van der Waals surface area contributed by atoms with E-state index in [0.29, 0.717) is 25.3 Å². The summed E-state index contributed by atoms with van der Waals surface area (Å²) >= 11 is 0. The second kappa shape index (κ2) is 6.96. The molecule has 0 fully saturated rings. The number of carbonyl (C=O) groups excluding carboxylic acids is 1. The molecule has 5 nitrogen and oxygen atoms in total. The van der Waals surface area contributed by atoms with Gasteiger partial charge in [0.2, 0.25) is 0 Å². The fraction of sp³-hybridized carbons (Fsp3) is 0.190. The molecular weight excluding hydrogens is 328 g/mol. The molecule has 1 aliphatic heterocycles. The van der Waals surface area contributed by atoms with E-state index >= 15 is 0 Å². The molecule has 26 heavy (non-hydrogen) atoms. The second-order valence-corrected chi connectivity index (χ2v) is 6.28. The summed E-state index contributed by atoms with van der Waals surface area (Å²) in [7, 11) is 1.80. The summed E-state index contributed by atoms with van der Waals surface area (Å²) in [5.41, 5.74) is 2.70. The van der Waals surface area contributed by atoms with E-state index in [1.54, 1.807) is 11.9 Å². The minimum atomic E-state index is -0.0149. The molecule has 0 saturated carbocycles. The van der Waals surface area contributed by atoms with Gasteiger partial charge in [0.1, 0.15) is 13.2 Å². The van der Waals surface area contributed by atoms with Gasteiger partial charge in [-0.2, -0.15) is 0 Å². The first kappa shape index (κ1) is 16.3. The van der Waals surface area contributed by atoms with E-state index in [0.717, 1.165) is 22.7 Å². The Kier molecular flexibility index (Phi) is 4.35. The number of benzene rings is 2. The largest absolute Gasteiger partial charge is 0.486 e. The zero-order chi connectivity index (χ0) is 17.9. The predicted octanol–water partition coefficient (Wildman–Crippen LogP) is 3.52. The summed E-state index contributed by atoms with van der Waals surface area (Å²) in [6, 6.07) is 17.4. The van der Waals surface area contributed by atoms with Crippen LogP contribution in [0.1, 0.15) is 15.9 Å². The lowest BCUT2D eigenvalue weighted by atomic mass is 10.1. The lowest BCUT2D eigenvalue weighted by Gasteiger charge is -2.21. The predicted molar refractivity (Wildman–Crippen MR) is 99.0 cm³/mol. The van der Waals surface area contributed by atoms with Gasteiger partial charge in [-0.05, 0) is 54.1 Å². The van der Waals surface area contributed by atoms with Crippen LogP contribution in [-0.4, -0.2) is 35.6 Å². The molecule has 0 radical (unpaired) electrons. The van der Waals surface area contributed by atoms with E-state index in [2.05, 4.69) is 0 Å². The van der Waals surface area contributed by atoms with Gasteiger partial charge in [-0.1, -0.05) is 6.07 Å². The molecule has 5 heteroatoms. The Hall–Kier alpha value is -3.21. The molecule has 0 aliphatic carbocycles. The van der Waals surface area contributed by atoms with Crippen molar-refractivity contribution < 1.29 is 14.3 Å². The molecule has 132 valence electrons. The summed E-state index contributed by atoms with van der Waals surface area (Å²) < 4.78 is 13.2. The zero-order valence-electron chi connectivity index (χ0n) is 14.6. The van der Waals surface area contributed by atoms with E-state index in [-0.39, 0.29) is 5.91 Å². The maximum atomic E-state index is 12.7. The summed E-state index contributed by atoms with van der Waals surface area (Å²) in [6.07, 6.45) is 3.95. The minimum Gasteiger partial charge on any atom is -0.486 e. The minimum absolute atomic E-state index is 0.0149. The van der Waals surface area contributed by atoms with Crippen LogP contribution < -0.4 is 9.47 Å². The Labute approximate surface area is 152 Å². The molecular formula is C21H20N2O3. The third-order valence-corrected chi connectivity index (χ3v) is 4.39. The van der Waals surface area contributed by atoms with Crippen LogP contribution in [0.2, 0.25) is 0 Å². The topological polar surface area (TPSA) is 43.7 Å². The van der Waals surface area contributed by atoms with Gasteiger partial charge in [0.25, 0.3) is 5.91 Å². The van der Waals surface area contributed by atoms with Crippen LogP contribution in [-0.2, 0) is 6.54 Å². The third-order valence-electron chi connectivity index (χ3n) is 4.39. The molecule has 0 atom stereocenters. The maximum Gasteiger partial charge on any atom is 0.253 e. The molecule has 0 unspecified atom stereocenters. The number of aromatic nitrogens is 1. The number of amides is 1. The smallest absolute Gasteiger partial charge is 0.253 e. The number of ether oxygens (including phenoxy) is 2. The molecule has 0 saturated heterocycles. The van der Waals surface area contributed by atoms with Crippen molar-refractivity contribution in [3.05, 3.63) is 78.1 Å². The number of nitrogens with zero attached hydrogens (tertiary/aromatic N) is 2. The van der Waals surface area contributed by atoms with Crippen LogP contribution in [0.4, 0.5) is 0 Å². The molecule has 2 aromatic carbocycles. The van der Waals surface area contributed by atoms with Gasteiger partial charge in [0.05, 0.1) is 0 Å². The van der Waals surface area contributed by atoms with Gasteiger partial charge < -0.3 is 18.9 Å². The first-order chi connectivity index (χ1) is 12.7. The van der Waals surface area contributed by atoms with Crippen LogP contribution >= 0.6 is 0 Å². The highest BCUT2D eigenvalue weighted by atomic mass is 16.6. The number of hydrogen-bond donors (Lipinski definition) is 0. The van der Waals surface area contributed by atoms with Crippen molar-refractivity contribution in [3.8, 4) is 17.2 Å². The molecule has 1 aromatic heterocycles. The van der Waals surface area contributed by atoms with Crippen LogP contribution in [0.15, 0.2) is 67.0 Å². The summed E-state index contributed by atoms with van der Waals surface area (Å²) in [6.45, 7) is 1.64. The Morgan fingerprint density at radius 1 is 1.00 bits per heavy atom. The van der Waals surface area contributed by atoms with Crippen LogP contribution in [0.25, 0.3) is 5.69 Å². The maximum absolute atomic E-state index is 12.7. The zero-order valence-corrected chi connectivity index (χ0v) is 14.6. The standard InChI is InChI=1S/C21H20N2O3/c1-22(15-16-4-9-19-20(14-16)26-13-12-25-19)21(24)17-5-7-18(8-6-17)23-10-2-3-11-23/h2-11,14H,12-13,15H2,1H3. The fourth-order valence-corrected chi connectivity index (χ4v) is 3.03. The van der Waals surface area contributed by atoms with E-state index in [9.17, 15) is 4.79 Å². The Morgan fingerprint density at radius 3 is 2.42 bits per heavy atom.